The number of hydrogen-bond acceptors (Lipinski definition) is 4. The number of unbranched alkanes of at least 4 members (excludes halogenated alkanes) is 1. The SMILES string of the molecule is CCCC[C@@H](CC(=O)O)NC(=O)[C@@H](CCC)NC(=O)OCC1c2ccccc2-c2ccccc21. The van der Waals surface area contributed by atoms with Crippen LogP contribution in [-0.2, 0) is 14.3 Å². The van der Waals surface area contributed by atoms with E-state index in [4.69, 9.17) is 9.84 Å². The summed E-state index contributed by atoms with van der Waals surface area (Å²) in [6.07, 6.45) is 2.62. The molecule has 2 atom stereocenters. The first kappa shape index (κ1) is 25.3. The first-order valence-electron chi connectivity index (χ1n) is 12.1. The normalized spacial score (nSPS) is 13.9. The molecule has 0 heterocycles. The molecule has 7 heteroatoms. The van der Waals surface area contributed by atoms with Gasteiger partial charge in [-0.2, -0.15) is 0 Å². The Kier molecular flexibility index (Phi) is 9.08. The molecule has 34 heavy (non-hydrogen) atoms. The predicted octanol–water partition coefficient (Wildman–Crippen LogP) is 4.84. The van der Waals surface area contributed by atoms with Crippen LogP contribution in [0.15, 0.2) is 48.5 Å². The third kappa shape index (κ3) is 6.37. The van der Waals surface area contributed by atoms with Crippen LogP contribution in [-0.4, -0.2) is 41.8 Å². The molecule has 0 bridgehead atoms. The van der Waals surface area contributed by atoms with E-state index in [1.54, 1.807) is 0 Å². The van der Waals surface area contributed by atoms with E-state index >= 15 is 0 Å². The molecule has 2 aromatic carbocycles. The van der Waals surface area contributed by atoms with Gasteiger partial charge >= 0.3 is 12.1 Å². The molecular weight excluding hydrogens is 432 g/mol. The molecule has 3 N–H and O–H groups in total. The van der Waals surface area contributed by atoms with Crippen molar-refractivity contribution in [3.63, 3.8) is 0 Å². The zero-order valence-corrected chi connectivity index (χ0v) is 19.9. The van der Waals surface area contributed by atoms with Crippen molar-refractivity contribution >= 4 is 18.0 Å². The molecular formula is C27H34N2O5. The van der Waals surface area contributed by atoms with Crippen molar-refractivity contribution in [2.24, 2.45) is 0 Å². The molecule has 3 rings (SSSR count). The van der Waals surface area contributed by atoms with Crippen molar-refractivity contribution in [3.8, 4) is 11.1 Å². The van der Waals surface area contributed by atoms with E-state index in [-0.39, 0.29) is 24.9 Å². The largest absolute Gasteiger partial charge is 0.481 e. The number of carboxylic acid groups (broad SMARTS) is 1. The molecule has 0 spiro atoms. The summed E-state index contributed by atoms with van der Waals surface area (Å²) in [5, 5.41) is 14.6. The van der Waals surface area contributed by atoms with Crippen LogP contribution >= 0.6 is 0 Å². The van der Waals surface area contributed by atoms with E-state index in [1.165, 1.54) is 0 Å². The fourth-order valence-corrected chi connectivity index (χ4v) is 4.53. The summed E-state index contributed by atoms with van der Waals surface area (Å²) >= 11 is 0. The highest BCUT2D eigenvalue weighted by Crippen LogP contribution is 2.44. The zero-order valence-electron chi connectivity index (χ0n) is 19.9. The fraction of sp³-hybridized carbons (Fsp3) is 0.444. The zero-order chi connectivity index (χ0) is 24.5. The van der Waals surface area contributed by atoms with Gasteiger partial charge in [-0.15, -0.1) is 0 Å². The van der Waals surface area contributed by atoms with E-state index in [9.17, 15) is 14.4 Å². The summed E-state index contributed by atoms with van der Waals surface area (Å²) in [7, 11) is 0. The summed E-state index contributed by atoms with van der Waals surface area (Å²) < 4.78 is 5.58. The Hall–Kier alpha value is -3.35. The number of carbonyl (C=O) groups excluding carboxylic acids is 2. The lowest BCUT2D eigenvalue weighted by molar-refractivity contribution is -0.137. The van der Waals surface area contributed by atoms with E-state index < -0.39 is 24.1 Å². The molecule has 0 saturated carbocycles. The molecule has 0 aliphatic heterocycles. The van der Waals surface area contributed by atoms with Gasteiger partial charge in [0.05, 0.1) is 6.42 Å². The maximum atomic E-state index is 12.8. The Balaban J connectivity index is 1.62. The fourth-order valence-electron chi connectivity index (χ4n) is 4.53. The van der Waals surface area contributed by atoms with E-state index in [2.05, 4.69) is 22.8 Å². The Morgan fingerprint density at radius 1 is 0.912 bits per heavy atom. The van der Waals surface area contributed by atoms with Gasteiger partial charge in [-0.1, -0.05) is 81.6 Å². The summed E-state index contributed by atoms with van der Waals surface area (Å²) in [5.41, 5.74) is 4.53. The number of ether oxygens (including phenoxy) is 1. The first-order chi connectivity index (χ1) is 16.4. The van der Waals surface area contributed by atoms with Crippen molar-refractivity contribution in [2.45, 2.75) is 70.4 Å². The first-order valence-corrected chi connectivity index (χ1v) is 12.1. The van der Waals surface area contributed by atoms with Crippen molar-refractivity contribution < 1.29 is 24.2 Å². The number of nitrogens with one attached hydrogen (secondary N) is 2. The van der Waals surface area contributed by atoms with Crippen molar-refractivity contribution in [1.82, 2.24) is 10.6 Å². The van der Waals surface area contributed by atoms with Crippen LogP contribution in [0.25, 0.3) is 11.1 Å². The highest BCUT2D eigenvalue weighted by atomic mass is 16.5. The molecule has 1 aliphatic rings. The number of benzene rings is 2. The van der Waals surface area contributed by atoms with Gasteiger partial charge in [0.1, 0.15) is 12.6 Å². The van der Waals surface area contributed by atoms with Crippen molar-refractivity contribution in [3.05, 3.63) is 59.7 Å². The smallest absolute Gasteiger partial charge is 0.407 e. The maximum absolute atomic E-state index is 12.8. The van der Waals surface area contributed by atoms with Gasteiger partial charge in [0.2, 0.25) is 5.91 Å². The van der Waals surface area contributed by atoms with Crippen LogP contribution in [0.4, 0.5) is 4.79 Å². The van der Waals surface area contributed by atoms with Gasteiger partial charge in [0, 0.05) is 12.0 Å². The lowest BCUT2D eigenvalue weighted by atomic mass is 9.98. The number of carbonyl (C=O) groups is 3. The van der Waals surface area contributed by atoms with Gasteiger partial charge in [0.15, 0.2) is 0 Å². The van der Waals surface area contributed by atoms with Gasteiger partial charge in [-0.05, 0) is 35.1 Å². The summed E-state index contributed by atoms with van der Waals surface area (Å²) in [6, 6.07) is 14.9. The maximum Gasteiger partial charge on any atom is 0.407 e. The third-order valence-electron chi connectivity index (χ3n) is 6.20. The number of carboxylic acids is 1. The second-order valence-electron chi connectivity index (χ2n) is 8.76. The average Bonchev–Trinajstić information content (AvgIpc) is 3.14. The number of hydrogen-bond donors (Lipinski definition) is 3. The minimum Gasteiger partial charge on any atom is -0.481 e. The highest BCUT2D eigenvalue weighted by Gasteiger charge is 2.30. The third-order valence-corrected chi connectivity index (χ3v) is 6.20. The monoisotopic (exact) mass is 466 g/mol. The molecule has 2 aromatic rings. The Morgan fingerprint density at radius 3 is 2.09 bits per heavy atom. The van der Waals surface area contributed by atoms with E-state index in [1.807, 2.05) is 50.2 Å². The standard InChI is InChI=1S/C27H34N2O5/c1-3-5-11-18(16-25(30)31)28-26(32)24(10-4-2)29-27(33)34-17-23-21-14-8-6-12-19(21)20-13-7-9-15-22(20)23/h6-9,12-15,18,23-24H,3-5,10-11,16-17H2,1-2H3,(H,28,32)(H,29,33)(H,30,31)/t18-,24+/m0/s1. The van der Waals surface area contributed by atoms with Gasteiger partial charge < -0.3 is 20.5 Å². The Labute approximate surface area is 200 Å². The molecule has 7 nitrogen and oxygen atoms in total. The summed E-state index contributed by atoms with van der Waals surface area (Å²) in [5.74, 6) is -1.40. The molecule has 1 aliphatic carbocycles. The summed E-state index contributed by atoms with van der Waals surface area (Å²) in [4.78, 5) is 36.7. The molecule has 2 amide bonds. The van der Waals surface area contributed by atoms with E-state index in [0.29, 0.717) is 19.3 Å². The number of rotatable bonds is 12. The van der Waals surface area contributed by atoms with Gasteiger partial charge in [-0.25, -0.2) is 4.79 Å². The van der Waals surface area contributed by atoms with Gasteiger partial charge in [-0.3, -0.25) is 9.59 Å². The summed E-state index contributed by atoms with van der Waals surface area (Å²) in [6.45, 7) is 4.10. The van der Waals surface area contributed by atoms with Crippen LogP contribution in [0, 0.1) is 0 Å². The molecule has 182 valence electrons. The van der Waals surface area contributed by atoms with Gasteiger partial charge in [0.25, 0.3) is 0 Å². The van der Waals surface area contributed by atoms with Crippen LogP contribution < -0.4 is 10.6 Å². The quantitative estimate of drug-likeness (QED) is 0.415. The second kappa shape index (κ2) is 12.2. The van der Waals surface area contributed by atoms with E-state index in [0.717, 1.165) is 35.1 Å². The van der Waals surface area contributed by atoms with Crippen molar-refractivity contribution in [2.75, 3.05) is 6.61 Å². The molecule has 0 fully saturated rings. The Bertz CT molecular complexity index is 961. The van der Waals surface area contributed by atoms with Crippen LogP contribution in [0.2, 0.25) is 0 Å². The Morgan fingerprint density at radius 2 is 1.53 bits per heavy atom. The number of amides is 2. The minimum absolute atomic E-state index is 0.0643. The lowest BCUT2D eigenvalue weighted by Gasteiger charge is -2.23. The predicted molar refractivity (Wildman–Crippen MR) is 131 cm³/mol. The number of fused-ring (bicyclic) bond motifs is 3. The molecule has 0 unspecified atom stereocenters. The number of aliphatic carboxylic acids is 1. The lowest BCUT2D eigenvalue weighted by Crippen LogP contribution is -2.50. The van der Waals surface area contributed by atoms with Crippen LogP contribution in [0.5, 0.6) is 0 Å². The van der Waals surface area contributed by atoms with Crippen LogP contribution in [0.3, 0.4) is 0 Å². The average molecular weight is 467 g/mol. The second-order valence-corrected chi connectivity index (χ2v) is 8.76. The van der Waals surface area contributed by atoms with Crippen molar-refractivity contribution in [1.29, 1.82) is 0 Å². The topological polar surface area (TPSA) is 105 Å². The van der Waals surface area contributed by atoms with Crippen LogP contribution in [0.1, 0.15) is 69.4 Å². The molecule has 0 aromatic heterocycles. The number of alkyl carbamates (subject to hydrolysis) is 1. The molecule has 0 saturated heterocycles. The molecule has 0 radical (unpaired) electrons. The highest BCUT2D eigenvalue weighted by molar-refractivity contribution is 5.86. The minimum atomic E-state index is -0.960.